The number of nitrogens with zero attached hydrogens (tertiary/aromatic N) is 2. The number of hydrogen-bond donors (Lipinski definition) is 1. The van der Waals surface area contributed by atoms with Crippen LogP contribution in [-0.4, -0.2) is 27.8 Å². The van der Waals surface area contributed by atoms with Crippen molar-refractivity contribution < 1.29 is 4.79 Å². The van der Waals surface area contributed by atoms with Crippen LogP contribution in [0.15, 0.2) is 32.8 Å². The number of aromatic nitrogens is 2. The van der Waals surface area contributed by atoms with E-state index < -0.39 is 0 Å². The zero-order valence-corrected chi connectivity index (χ0v) is 15.2. The third kappa shape index (κ3) is 3.24. The first-order valence-corrected chi connectivity index (χ1v) is 9.71. The van der Waals surface area contributed by atoms with Gasteiger partial charge < -0.3 is 5.32 Å². The van der Waals surface area contributed by atoms with Crippen molar-refractivity contribution in [2.75, 3.05) is 12.3 Å². The van der Waals surface area contributed by atoms with Crippen LogP contribution in [0.5, 0.6) is 0 Å². The van der Waals surface area contributed by atoms with E-state index >= 15 is 0 Å². The van der Waals surface area contributed by atoms with Crippen LogP contribution in [0.4, 0.5) is 0 Å². The second kappa shape index (κ2) is 7.21. The number of amides is 1. The number of thiophene rings is 2. The van der Waals surface area contributed by atoms with Gasteiger partial charge in [0.25, 0.3) is 5.56 Å². The summed E-state index contributed by atoms with van der Waals surface area (Å²) < 4.78 is 1.49. The highest BCUT2D eigenvalue weighted by Gasteiger charge is 2.16. The maximum absolute atomic E-state index is 12.7. The largest absolute Gasteiger partial charge is 0.344 e. The zero-order valence-electron chi connectivity index (χ0n) is 12.7. The molecule has 1 amide bonds. The van der Waals surface area contributed by atoms with Crippen molar-refractivity contribution in [3.05, 3.63) is 33.2 Å². The van der Waals surface area contributed by atoms with Crippen LogP contribution < -0.4 is 10.9 Å². The molecule has 24 heavy (non-hydrogen) atoms. The summed E-state index contributed by atoms with van der Waals surface area (Å²) in [7, 11) is 1.67. The highest BCUT2D eigenvalue weighted by atomic mass is 32.2. The van der Waals surface area contributed by atoms with E-state index in [4.69, 9.17) is 6.42 Å². The Kier molecular flexibility index (Phi) is 5.04. The first kappa shape index (κ1) is 16.8. The maximum Gasteiger partial charge on any atom is 0.263 e. The molecule has 0 aliphatic rings. The molecule has 3 aromatic heterocycles. The lowest BCUT2D eigenvalue weighted by atomic mass is 10.2. The minimum atomic E-state index is -0.183. The van der Waals surface area contributed by atoms with E-state index in [9.17, 15) is 9.59 Å². The number of thioether (sulfide) groups is 1. The summed E-state index contributed by atoms with van der Waals surface area (Å²) in [4.78, 5) is 30.7. The van der Waals surface area contributed by atoms with Crippen LogP contribution in [0.2, 0.25) is 0 Å². The Morgan fingerprint density at radius 3 is 3.04 bits per heavy atom. The van der Waals surface area contributed by atoms with Gasteiger partial charge in [0.2, 0.25) is 5.91 Å². The Morgan fingerprint density at radius 2 is 2.33 bits per heavy atom. The lowest BCUT2D eigenvalue weighted by Crippen LogP contribution is -2.26. The number of hydrogen-bond acceptors (Lipinski definition) is 6. The molecule has 0 atom stereocenters. The minimum Gasteiger partial charge on any atom is -0.344 e. The van der Waals surface area contributed by atoms with Gasteiger partial charge in [-0.15, -0.1) is 29.1 Å². The first-order valence-electron chi connectivity index (χ1n) is 6.97. The molecule has 1 N–H and O–H groups in total. The minimum absolute atomic E-state index is 0.101. The third-order valence-corrected chi connectivity index (χ3v) is 6.09. The maximum atomic E-state index is 12.7. The molecule has 0 aliphatic heterocycles. The molecule has 0 radical (unpaired) electrons. The third-order valence-electron chi connectivity index (χ3n) is 3.28. The molecule has 3 rings (SSSR count). The van der Waals surface area contributed by atoms with Gasteiger partial charge >= 0.3 is 0 Å². The molecule has 5 nitrogen and oxygen atoms in total. The fourth-order valence-corrected chi connectivity index (χ4v) is 4.73. The van der Waals surface area contributed by atoms with E-state index in [2.05, 4.69) is 16.2 Å². The number of carbonyl (C=O) groups is 1. The average molecular weight is 376 g/mol. The molecule has 3 heterocycles. The second-order valence-electron chi connectivity index (χ2n) is 4.83. The molecule has 0 saturated heterocycles. The number of fused-ring (bicyclic) bond motifs is 1. The van der Waals surface area contributed by atoms with Crippen molar-refractivity contribution in [3.8, 4) is 22.8 Å². The SMILES string of the molecule is C#CCNC(=O)CSc1nc2scc(-c3cccs3)c2c(=O)n1C. The van der Waals surface area contributed by atoms with Crippen molar-refractivity contribution >= 4 is 50.6 Å². The second-order valence-corrected chi connectivity index (χ2v) is 7.58. The van der Waals surface area contributed by atoms with Gasteiger partial charge in [-0.05, 0) is 11.4 Å². The summed E-state index contributed by atoms with van der Waals surface area (Å²) in [5, 5.41) is 7.68. The topological polar surface area (TPSA) is 64.0 Å². The highest BCUT2D eigenvalue weighted by Crippen LogP contribution is 2.34. The van der Waals surface area contributed by atoms with Crippen molar-refractivity contribution in [2.24, 2.45) is 7.05 Å². The van der Waals surface area contributed by atoms with Gasteiger partial charge in [-0.3, -0.25) is 14.2 Å². The standard InChI is InChI=1S/C16H13N3O2S3/c1-3-6-17-12(20)9-24-16-18-14-13(15(21)19(16)2)10(8-23-14)11-5-4-7-22-11/h1,4-5,7-8H,6,9H2,2H3,(H,17,20). The van der Waals surface area contributed by atoms with Gasteiger partial charge in [0, 0.05) is 22.9 Å². The molecule has 8 heteroatoms. The van der Waals surface area contributed by atoms with Gasteiger partial charge in [-0.2, -0.15) is 0 Å². The molecule has 0 unspecified atom stereocenters. The molecule has 0 fully saturated rings. The van der Waals surface area contributed by atoms with Crippen LogP contribution in [-0.2, 0) is 11.8 Å². The summed E-state index contributed by atoms with van der Waals surface area (Å²) in [5.74, 6) is 2.33. The predicted octanol–water partition coefficient (Wildman–Crippen LogP) is 2.57. The van der Waals surface area contributed by atoms with E-state index in [0.29, 0.717) is 15.4 Å². The number of carbonyl (C=O) groups excluding carboxylic acids is 1. The zero-order chi connectivity index (χ0) is 17.1. The van der Waals surface area contributed by atoms with E-state index in [1.807, 2.05) is 22.9 Å². The summed E-state index contributed by atoms with van der Waals surface area (Å²) in [6.07, 6.45) is 5.11. The monoisotopic (exact) mass is 375 g/mol. The Labute approximate surface area is 150 Å². The van der Waals surface area contributed by atoms with Crippen molar-refractivity contribution in [1.82, 2.24) is 14.9 Å². The molecular formula is C16H13N3O2S3. The van der Waals surface area contributed by atoms with Gasteiger partial charge in [0.15, 0.2) is 5.16 Å². The Bertz CT molecular complexity index is 981. The van der Waals surface area contributed by atoms with Gasteiger partial charge in [-0.1, -0.05) is 23.7 Å². The van der Waals surface area contributed by atoms with Crippen LogP contribution >= 0.6 is 34.4 Å². The fourth-order valence-electron chi connectivity index (χ4n) is 2.13. The quantitative estimate of drug-likeness (QED) is 0.423. The lowest BCUT2D eigenvalue weighted by molar-refractivity contribution is -0.118. The van der Waals surface area contributed by atoms with Crippen LogP contribution in [0.3, 0.4) is 0 Å². The molecule has 0 bridgehead atoms. The first-order chi connectivity index (χ1) is 11.6. The highest BCUT2D eigenvalue weighted by molar-refractivity contribution is 7.99. The van der Waals surface area contributed by atoms with E-state index in [1.54, 1.807) is 18.4 Å². The van der Waals surface area contributed by atoms with Crippen molar-refractivity contribution in [2.45, 2.75) is 5.16 Å². The van der Waals surface area contributed by atoms with E-state index in [0.717, 1.165) is 10.4 Å². The Morgan fingerprint density at radius 1 is 1.50 bits per heavy atom. The Hall–Kier alpha value is -2.08. The summed E-state index contributed by atoms with van der Waals surface area (Å²) in [6, 6.07) is 3.95. The van der Waals surface area contributed by atoms with Crippen LogP contribution in [0, 0.1) is 12.3 Å². The molecule has 0 saturated carbocycles. The van der Waals surface area contributed by atoms with Gasteiger partial charge in [-0.25, -0.2) is 4.98 Å². The van der Waals surface area contributed by atoms with Crippen LogP contribution in [0.1, 0.15) is 0 Å². The molecule has 0 aliphatic carbocycles. The van der Waals surface area contributed by atoms with Gasteiger partial charge in [0.1, 0.15) is 4.83 Å². The van der Waals surface area contributed by atoms with E-state index in [-0.39, 0.29) is 23.8 Å². The summed E-state index contributed by atoms with van der Waals surface area (Å²) in [5.41, 5.74) is 0.817. The number of rotatable bonds is 5. The summed E-state index contributed by atoms with van der Waals surface area (Å²) >= 11 is 4.25. The molecular weight excluding hydrogens is 362 g/mol. The van der Waals surface area contributed by atoms with Crippen molar-refractivity contribution in [1.29, 1.82) is 0 Å². The smallest absolute Gasteiger partial charge is 0.263 e. The summed E-state index contributed by atoms with van der Waals surface area (Å²) in [6.45, 7) is 0.194. The fraction of sp³-hybridized carbons (Fsp3) is 0.188. The van der Waals surface area contributed by atoms with Crippen LogP contribution in [0.25, 0.3) is 20.7 Å². The van der Waals surface area contributed by atoms with Gasteiger partial charge in [0.05, 0.1) is 17.7 Å². The van der Waals surface area contributed by atoms with E-state index in [1.165, 1.54) is 27.7 Å². The lowest BCUT2D eigenvalue weighted by Gasteiger charge is -2.07. The molecule has 122 valence electrons. The molecule has 3 aromatic rings. The average Bonchev–Trinajstić information content (AvgIpc) is 3.23. The molecule has 0 aromatic carbocycles. The number of nitrogens with one attached hydrogen (secondary N) is 1. The number of terminal acetylenes is 1. The normalized spacial score (nSPS) is 10.7. The van der Waals surface area contributed by atoms with Crippen molar-refractivity contribution in [3.63, 3.8) is 0 Å². The Balaban J connectivity index is 1.93. The predicted molar refractivity (Wildman–Crippen MR) is 101 cm³/mol. The molecule has 0 spiro atoms.